The minimum absolute atomic E-state index is 1.12. The molecule has 0 atom stereocenters. The average Bonchev–Trinajstić information content (AvgIpc) is 2.56. The molecule has 22 heavy (non-hydrogen) atoms. The van der Waals surface area contributed by atoms with E-state index in [-0.39, 0.29) is 0 Å². The number of ether oxygens (including phenoxy) is 1. The molecule has 0 aliphatic carbocycles. The third kappa shape index (κ3) is 6.52. The maximum atomic E-state index is 5.64. The van der Waals surface area contributed by atoms with Crippen LogP contribution in [-0.2, 0) is 4.44 Å². The fraction of sp³-hybridized carbons (Fsp3) is 0.700. The van der Waals surface area contributed by atoms with Gasteiger partial charge in [0, 0.05) is 0 Å². The Morgan fingerprint density at radius 3 is 1.77 bits per heavy atom. The number of hydrogen-bond acceptors (Lipinski definition) is 1. The zero-order valence-corrected chi connectivity index (χ0v) is 18.1. The predicted molar refractivity (Wildman–Crippen MR) is 102 cm³/mol. The summed E-state index contributed by atoms with van der Waals surface area (Å²) in [6.07, 6.45) is 8.38. The molecule has 0 aliphatic rings. The summed E-state index contributed by atoms with van der Waals surface area (Å²) in [7, 11) is 1.82. The van der Waals surface area contributed by atoms with Gasteiger partial charge in [0.05, 0.1) is 0 Å². The van der Waals surface area contributed by atoms with Crippen molar-refractivity contribution in [2.75, 3.05) is 7.11 Å². The van der Waals surface area contributed by atoms with Crippen LogP contribution < -0.4 is 4.74 Å². The third-order valence-electron chi connectivity index (χ3n) is 4.94. The third-order valence-corrected chi connectivity index (χ3v) is 20.3. The molecule has 0 heterocycles. The van der Waals surface area contributed by atoms with Crippen LogP contribution >= 0.6 is 0 Å². The van der Waals surface area contributed by atoms with Crippen molar-refractivity contribution in [3.63, 3.8) is 0 Å². The van der Waals surface area contributed by atoms with Crippen LogP contribution in [0.3, 0.4) is 0 Å². The van der Waals surface area contributed by atoms with Crippen LogP contribution in [0, 0.1) is 0 Å². The van der Waals surface area contributed by atoms with E-state index in [2.05, 4.69) is 45.0 Å². The van der Waals surface area contributed by atoms with E-state index in [4.69, 9.17) is 4.74 Å². The van der Waals surface area contributed by atoms with Crippen molar-refractivity contribution in [1.29, 1.82) is 0 Å². The molecule has 0 aromatic heterocycles. The molecule has 0 N–H and O–H groups in total. The molecule has 0 fully saturated rings. The summed E-state index contributed by atoms with van der Waals surface area (Å²) >= 11 is -2.10. The molecule has 1 nitrogen and oxygen atoms in total. The van der Waals surface area contributed by atoms with Crippen molar-refractivity contribution in [2.24, 2.45) is 0 Å². The topological polar surface area (TPSA) is 9.23 Å². The van der Waals surface area contributed by atoms with E-state index in [9.17, 15) is 0 Å². The Morgan fingerprint density at radius 1 is 0.818 bits per heavy atom. The number of methoxy groups -OCH3 is 1. The minimum atomic E-state index is -2.10. The van der Waals surface area contributed by atoms with Gasteiger partial charge < -0.3 is 0 Å². The van der Waals surface area contributed by atoms with E-state index < -0.39 is 18.4 Å². The Balaban J connectivity index is 2.97. The van der Waals surface area contributed by atoms with Gasteiger partial charge in [-0.05, 0) is 0 Å². The molecule has 1 aromatic rings. The zero-order valence-electron chi connectivity index (χ0n) is 15.3. The first-order valence-corrected chi connectivity index (χ1v) is 17.4. The second-order valence-corrected chi connectivity index (χ2v) is 20.7. The zero-order chi connectivity index (χ0) is 16.3. The number of benzene rings is 1. The molecule has 0 spiro atoms. The van der Waals surface area contributed by atoms with Gasteiger partial charge >= 0.3 is 143 Å². The Hall–Kier alpha value is -0.181. The van der Waals surface area contributed by atoms with Gasteiger partial charge in [-0.1, -0.05) is 0 Å². The standard InChI is InChI=1S/C8H9O.3C4H9.Sn/c1-7-5-3-4-6-8(7)9-2;3*1-3-4-2;/h3-6H,1H2,2H3;3*1,3-4H2,2H3;. The molecule has 0 bridgehead atoms. The summed E-state index contributed by atoms with van der Waals surface area (Å²) in [6.45, 7) is 7.04. The normalized spacial score (nSPS) is 11.6. The van der Waals surface area contributed by atoms with Gasteiger partial charge in [0.2, 0.25) is 0 Å². The summed E-state index contributed by atoms with van der Waals surface area (Å²) in [4.78, 5) is 0. The monoisotopic (exact) mass is 412 g/mol. The summed E-state index contributed by atoms with van der Waals surface area (Å²) in [5, 5.41) is 0. The van der Waals surface area contributed by atoms with Crippen molar-refractivity contribution in [3.8, 4) is 5.75 Å². The molecule has 0 radical (unpaired) electrons. The maximum absolute atomic E-state index is 5.64. The van der Waals surface area contributed by atoms with Gasteiger partial charge in [0.15, 0.2) is 0 Å². The fourth-order valence-corrected chi connectivity index (χ4v) is 19.8. The van der Waals surface area contributed by atoms with Crippen LogP contribution in [0.1, 0.15) is 64.9 Å². The van der Waals surface area contributed by atoms with Gasteiger partial charge in [-0.25, -0.2) is 0 Å². The summed E-state index contributed by atoms with van der Waals surface area (Å²) in [6, 6.07) is 8.75. The Bertz CT molecular complexity index is 381. The van der Waals surface area contributed by atoms with Gasteiger partial charge in [-0.15, -0.1) is 0 Å². The SMILES string of the molecule is CCC[CH2][Sn]([CH2]CCC)([CH2]CCC)[CH2]c1ccccc1OC. The quantitative estimate of drug-likeness (QED) is 0.351. The van der Waals surface area contributed by atoms with Crippen LogP contribution in [-0.4, -0.2) is 25.5 Å². The van der Waals surface area contributed by atoms with E-state index in [1.165, 1.54) is 48.5 Å². The Morgan fingerprint density at radius 2 is 1.32 bits per heavy atom. The Kier molecular flexibility index (Phi) is 10.3. The second-order valence-electron chi connectivity index (χ2n) is 6.80. The molecule has 0 saturated heterocycles. The van der Waals surface area contributed by atoms with E-state index in [0.29, 0.717) is 0 Å². The first kappa shape index (κ1) is 19.9. The molecule has 0 aliphatic heterocycles. The van der Waals surface area contributed by atoms with Crippen molar-refractivity contribution >= 4 is 18.4 Å². The van der Waals surface area contributed by atoms with Crippen LogP contribution in [0.2, 0.25) is 13.3 Å². The molecular weight excluding hydrogens is 375 g/mol. The van der Waals surface area contributed by atoms with Crippen molar-refractivity contribution in [2.45, 2.75) is 77.0 Å². The second kappa shape index (κ2) is 11.4. The molecule has 126 valence electrons. The van der Waals surface area contributed by atoms with Gasteiger partial charge in [-0.3, -0.25) is 0 Å². The van der Waals surface area contributed by atoms with Crippen molar-refractivity contribution in [1.82, 2.24) is 0 Å². The average molecular weight is 411 g/mol. The summed E-state index contributed by atoms with van der Waals surface area (Å²) in [5.41, 5.74) is 1.49. The predicted octanol–water partition coefficient (Wildman–Crippen LogP) is 6.63. The van der Waals surface area contributed by atoms with E-state index in [1.54, 1.807) is 13.3 Å². The van der Waals surface area contributed by atoms with E-state index in [1.807, 2.05) is 7.11 Å². The molecule has 1 aromatic carbocycles. The molecule has 0 unspecified atom stereocenters. The van der Waals surface area contributed by atoms with E-state index in [0.717, 1.165) is 5.75 Å². The molecule has 2 heteroatoms. The first-order chi connectivity index (χ1) is 10.7. The van der Waals surface area contributed by atoms with Crippen LogP contribution in [0.4, 0.5) is 0 Å². The molecule has 0 amide bonds. The fourth-order valence-electron chi connectivity index (χ4n) is 3.55. The van der Waals surface area contributed by atoms with Gasteiger partial charge in [0.25, 0.3) is 0 Å². The number of hydrogen-bond donors (Lipinski definition) is 0. The molecule has 1 rings (SSSR count). The molecular formula is C20H36OSn. The summed E-state index contributed by atoms with van der Waals surface area (Å²) < 4.78 is 11.7. The van der Waals surface area contributed by atoms with Crippen LogP contribution in [0.25, 0.3) is 0 Å². The molecule has 0 saturated carbocycles. The first-order valence-electron chi connectivity index (χ1n) is 9.33. The van der Waals surface area contributed by atoms with Gasteiger partial charge in [0.1, 0.15) is 0 Å². The Labute approximate surface area is 142 Å². The number of para-hydroxylation sites is 1. The number of rotatable bonds is 12. The summed E-state index contributed by atoms with van der Waals surface area (Å²) in [5.74, 6) is 1.12. The number of unbranched alkanes of at least 4 members (excludes halogenated alkanes) is 3. The van der Waals surface area contributed by atoms with Crippen molar-refractivity contribution in [3.05, 3.63) is 29.8 Å². The van der Waals surface area contributed by atoms with E-state index >= 15 is 0 Å². The van der Waals surface area contributed by atoms with Crippen LogP contribution in [0.15, 0.2) is 24.3 Å². The van der Waals surface area contributed by atoms with Gasteiger partial charge in [-0.2, -0.15) is 0 Å². The van der Waals surface area contributed by atoms with Crippen LogP contribution in [0.5, 0.6) is 5.75 Å². The van der Waals surface area contributed by atoms with Crippen molar-refractivity contribution < 1.29 is 4.74 Å².